The van der Waals surface area contributed by atoms with Crippen molar-refractivity contribution < 1.29 is 9.21 Å². The van der Waals surface area contributed by atoms with E-state index in [0.717, 1.165) is 37.2 Å². The quantitative estimate of drug-likeness (QED) is 0.872. The average Bonchev–Trinajstić information content (AvgIpc) is 2.83. The second-order valence-electron chi connectivity index (χ2n) is 5.40. The first kappa shape index (κ1) is 12.4. The molecule has 0 saturated heterocycles. The third-order valence-corrected chi connectivity index (χ3v) is 4.16. The zero-order valence-electron chi connectivity index (χ0n) is 10.4. The molecule has 0 bridgehead atoms. The lowest BCUT2D eigenvalue weighted by Crippen LogP contribution is -2.42. The summed E-state index contributed by atoms with van der Waals surface area (Å²) in [5.41, 5.74) is 6.55. The summed E-state index contributed by atoms with van der Waals surface area (Å²) in [5, 5.41) is 0. The van der Waals surface area contributed by atoms with Crippen LogP contribution in [0, 0.1) is 11.3 Å². The van der Waals surface area contributed by atoms with Gasteiger partial charge in [0, 0.05) is 18.4 Å². The molecule has 1 aromatic heterocycles. The molecule has 1 aliphatic rings. The molecule has 0 radical (unpaired) electrons. The first-order valence-electron chi connectivity index (χ1n) is 6.41. The van der Waals surface area contributed by atoms with E-state index in [9.17, 15) is 4.79 Å². The Kier molecular flexibility index (Phi) is 3.67. The zero-order valence-corrected chi connectivity index (χ0v) is 10.4. The van der Waals surface area contributed by atoms with Gasteiger partial charge in [-0.15, -0.1) is 0 Å². The Hall–Kier alpha value is -1.09. The van der Waals surface area contributed by atoms with E-state index in [4.69, 9.17) is 10.2 Å². The monoisotopic (exact) mass is 235 g/mol. The minimum absolute atomic E-state index is 0.274. The fourth-order valence-corrected chi connectivity index (χ4v) is 2.68. The zero-order chi connectivity index (χ0) is 12.3. The maximum atomic E-state index is 12.4. The van der Waals surface area contributed by atoms with Gasteiger partial charge < -0.3 is 10.2 Å². The second kappa shape index (κ2) is 5.05. The highest BCUT2D eigenvalue weighted by Gasteiger charge is 2.39. The molecule has 0 aromatic carbocycles. The van der Waals surface area contributed by atoms with E-state index in [-0.39, 0.29) is 11.2 Å². The molecule has 1 heterocycles. The van der Waals surface area contributed by atoms with Crippen LogP contribution in [-0.2, 0) is 11.2 Å². The van der Waals surface area contributed by atoms with Gasteiger partial charge in [-0.3, -0.25) is 4.79 Å². The molecule has 2 N–H and O–H groups in total. The van der Waals surface area contributed by atoms with Crippen molar-refractivity contribution in [3.05, 3.63) is 24.2 Å². The van der Waals surface area contributed by atoms with Crippen molar-refractivity contribution in [3.8, 4) is 0 Å². The highest BCUT2D eigenvalue weighted by molar-refractivity contribution is 5.87. The van der Waals surface area contributed by atoms with Crippen LogP contribution >= 0.6 is 0 Å². The van der Waals surface area contributed by atoms with Crippen LogP contribution in [0.2, 0.25) is 0 Å². The SMILES string of the molecule is CC1CCC(CN)(C(=O)Cc2ccoc2)CC1. The van der Waals surface area contributed by atoms with E-state index in [1.54, 1.807) is 12.5 Å². The Morgan fingerprint density at radius 1 is 1.53 bits per heavy atom. The Morgan fingerprint density at radius 2 is 2.24 bits per heavy atom. The van der Waals surface area contributed by atoms with Crippen molar-refractivity contribution in [2.45, 2.75) is 39.0 Å². The van der Waals surface area contributed by atoms with Crippen LogP contribution in [0.1, 0.15) is 38.2 Å². The van der Waals surface area contributed by atoms with Gasteiger partial charge in [-0.2, -0.15) is 0 Å². The Balaban J connectivity index is 2.05. The molecule has 0 amide bonds. The van der Waals surface area contributed by atoms with Gasteiger partial charge in [0.1, 0.15) is 5.78 Å². The molecular formula is C14H21NO2. The van der Waals surface area contributed by atoms with Gasteiger partial charge in [0.2, 0.25) is 0 Å². The highest BCUT2D eigenvalue weighted by atomic mass is 16.3. The molecule has 1 aromatic rings. The molecule has 0 unspecified atom stereocenters. The summed E-state index contributed by atoms with van der Waals surface area (Å²) in [5.74, 6) is 1.02. The van der Waals surface area contributed by atoms with Gasteiger partial charge >= 0.3 is 0 Å². The summed E-state index contributed by atoms with van der Waals surface area (Å²) in [6.45, 7) is 2.73. The van der Waals surface area contributed by atoms with Crippen LogP contribution in [-0.4, -0.2) is 12.3 Å². The number of hydrogen-bond acceptors (Lipinski definition) is 3. The molecule has 1 saturated carbocycles. The van der Waals surface area contributed by atoms with Crippen molar-refractivity contribution in [1.82, 2.24) is 0 Å². The average molecular weight is 235 g/mol. The van der Waals surface area contributed by atoms with E-state index >= 15 is 0 Å². The maximum absolute atomic E-state index is 12.4. The van der Waals surface area contributed by atoms with Crippen LogP contribution in [0.15, 0.2) is 23.0 Å². The lowest BCUT2D eigenvalue weighted by atomic mass is 9.67. The molecule has 3 nitrogen and oxygen atoms in total. The maximum Gasteiger partial charge on any atom is 0.144 e. The topological polar surface area (TPSA) is 56.2 Å². The van der Waals surface area contributed by atoms with Crippen molar-refractivity contribution >= 4 is 5.78 Å². The number of hydrogen-bond donors (Lipinski definition) is 1. The summed E-state index contributed by atoms with van der Waals surface area (Å²) in [4.78, 5) is 12.4. The summed E-state index contributed by atoms with van der Waals surface area (Å²) < 4.78 is 5.00. The fraction of sp³-hybridized carbons (Fsp3) is 0.643. The van der Waals surface area contributed by atoms with Crippen molar-refractivity contribution in [2.75, 3.05) is 6.54 Å². The van der Waals surface area contributed by atoms with Crippen LogP contribution in [0.4, 0.5) is 0 Å². The molecule has 1 fully saturated rings. The van der Waals surface area contributed by atoms with Gasteiger partial charge in [0.05, 0.1) is 12.5 Å². The molecule has 0 atom stereocenters. The lowest BCUT2D eigenvalue weighted by molar-refractivity contribution is -0.129. The van der Waals surface area contributed by atoms with E-state index in [1.165, 1.54) is 0 Å². The largest absolute Gasteiger partial charge is 0.472 e. The summed E-state index contributed by atoms with van der Waals surface area (Å²) in [6.07, 6.45) is 7.85. The third kappa shape index (κ3) is 2.60. The van der Waals surface area contributed by atoms with Crippen LogP contribution in [0.25, 0.3) is 0 Å². The van der Waals surface area contributed by atoms with Crippen LogP contribution < -0.4 is 5.73 Å². The number of carbonyl (C=O) groups is 1. The molecule has 3 heteroatoms. The summed E-state index contributed by atoms with van der Waals surface area (Å²) in [7, 11) is 0. The first-order valence-corrected chi connectivity index (χ1v) is 6.41. The van der Waals surface area contributed by atoms with Gasteiger partial charge in [-0.05, 0) is 43.2 Å². The number of nitrogens with two attached hydrogens (primary N) is 1. The fourth-order valence-electron chi connectivity index (χ4n) is 2.68. The lowest BCUT2D eigenvalue weighted by Gasteiger charge is -2.37. The minimum Gasteiger partial charge on any atom is -0.472 e. The Labute approximate surface area is 102 Å². The summed E-state index contributed by atoms with van der Waals surface area (Å²) >= 11 is 0. The number of ketones is 1. The molecule has 1 aliphatic carbocycles. The predicted molar refractivity (Wildman–Crippen MR) is 66.5 cm³/mol. The number of furan rings is 1. The van der Waals surface area contributed by atoms with Crippen molar-refractivity contribution in [2.24, 2.45) is 17.1 Å². The van der Waals surface area contributed by atoms with Gasteiger partial charge in [-0.1, -0.05) is 6.92 Å². The predicted octanol–water partition coefficient (Wildman–Crippen LogP) is 2.55. The molecular weight excluding hydrogens is 214 g/mol. The standard InChI is InChI=1S/C14H21NO2/c1-11-2-5-14(10-15,6-3-11)13(16)8-12-4-7-17-9-12/h4,7,9,11H,2-3,5-6,8,10,15H2,1H3. The molecule has 94 valence electrons. The summed E-state index contributed by atoms with van der Waals surface area (Å²) in [6, 6.07) is 1.85. The van der Waals surface area contributed by atoms with E-state index in [0.29, 0.717) is 13.0 Å². The van der Waals surface area contributed by atoms with Gasteiger partial charge in [0.25, 0.3) is 0 Å². The van der Waals surface area contributed by atoms with Crippen LogP contribution in [0.3, 0.4) is 0 Å². The third-order valence-electron chi connectivity index (χ3n) is 4.16. The molecule has 0 aliphatic heterocycles. The number of Topliss-reactive ketones (excluding diaryl/α,β-unsaturated/α-hetero) is 1. The van der Waals surface area contributed by atoms with E-state index in [1.807, 2.05) is 6.07 Å². The van der Waals surface area contributed by atoms with E-state index in [2.05, 4.69) is 6.92 Å². The van der Waals surface area contributed by atoms with Crippen LogP contribution in [0.5, 0.6) is 0 Å². The Morgan fingerprint density at radius 3 is 2.76 bits per heavy atom. The molecule has 17 heavy (non-hydrogen) atoms. The second-order valence-corrected chi connectivity index (χ2v) is 5.40. The number of rotatable bonds is 4. The molecule has 0 spiro atoms. The van der Waals surface area contributed by atoms with E-state index < -0.39 is 0 Å². The first-order chi connectivity index (χ1) is 8.16. The highest BCUT2D eigenvalue weighted by Crippen LogP contribution is 2.39. The van der Waals surface area contributed by atoms with Crippen molar-refractivity contribution in [3.63, 3.8) is 0 Å². The number of carbonyl (C=O) groups excluding carboxylic acids is 1. The normalized spacial score (nSPS) is 29.2. The minimum atomic E-state index is -0.274. The van der Waals surface area contributed by atoms with Gasteiger partial charge in [-0.25, -0.2) is 0 Å². The van der Waals surface area contributed by atoms with Gasteiger partial charge in [0.15, 0.2) is 0 Å². The smallest absolute Gasteiger partial charge is 0.144 e. The van der Waals surface area contributed by atoms with Crippen molar-refractivity contribution in [1.29, 1.82) is 0 Å². The molecule has 2 rings (SSSR count). The Bertz CT molecular complexity index is 362.